The first-order valence-electron chi connectivity index (χ1n) is 13.1. The predicted octanol–water partition coefficient (Wildman–Crippen LogP) is 7.07. The van der Waals surface area contributed by atoms with Crippen LogP contribution in [0.3, 0.4) is 0 Å². The van der Waals surface area contributed by atoms with Crippen LogP contribution in [0.1, 0.15) is 101 Å². The van der Waals surface area contributed by atoms with Crippen LogP contribution in [0, 0.1) is 0 Å². The van der Waals surface area contributed by atoms with Crippen molar-refractivity contribution in [1.29, 1.82) is 0 Å². The number of nitrogens with zero attached hydrogens (tertiary/aromatic N) is 2. The molecule has 1 aromatic heterocycles. The van der Waals surface area contributed by atoms with Crippen LogP contribution in [0.15, 0.2) is 48.5 Å². The fraction of sp³-hybridized carbons (Fsp3) is 0.621. The minimum absolute atomic E-state index is 0.00885. The first kappa shape index (κ1) is 27.5. The molecule has 0 amide bonds. The van der Waals surface area contributed by atoms with E-state index in [2.05, 4.69) is 18.7 Å². The van der Waals surface area contributed by atoms with Crippen molar-refractivity contribution in [2.75, 3.05) is 13.7 Å². The molecule has 2 rings (SSSR count). The van der Waals surface area contributed by atoms with Gasteiger partial charge in [-0.15, -0.1) is 0 Å². The maximum absolute atomic E-state index is 10.7. The van der Waals surface area contributed by atoms with E-state index in [-0.39, 0.29) is 6.04 Å². The monoisotopic (exact) mass is 454 g/mol. The summed E-state index contributed by atoms with van der Waals surface area (Å²) in [5.41, 5.74) is 2.92. The summed E-state index contributed by atoms with van der Waals surface area (Å²) in [5.74, 6) is 0. The fourth-order valence-corrected chi connectivity index (χ4v) is 4.14. The standard InChI is InChI=1S/C29H46N2O2/c1-4-5-6-7-8-9-10-11-12-16-22-33-24-28-21-17-20-27(30-28)23-31(3)25(2)29(32)26-18-14-13-15-19-26/h13-15,17-21,25,29,32H,4-12,16,22-24H2,1-3H3/t25-,29-/m0/s1. The molecular formula is C29H46N2O2. The molecule has 0 fully saturated rings. The first-order valence-corrected chi connectivity index (χ1v) is 13.1. The summed E-state index contributed by atoms with van der Waals surface area (Å²) in [6.07, 6.45) is 12.9. The van der Waals surface area contributed by atoms with E-state index in [9.17, 15) is 5.11 Å². The van der Waals surface area contributed by atoms with Crippen LogP contribution in [0.2, 0.25) is 0 Å². The molecule has 0 aliphatic rings. The van der Waals surface area contributed by atoms with E-state index in [1.54, 1.807) is 0 Å². The SMILES string of the molecule is CCCCCCCCCCCCOCc1cccc(CN(C)[C@@H](C)[C@H](O)c2ccccc2)n1. The number of aliphatic hydroxyl groups excluding tert-OH is 1. The topological polar surface area (TPSA) is 45.6 Å². The van der Waals surface area contributed by atoms with Crippen molar-refractivity contribution in [3.05, 3.63) is 65.5 Å². The van der Waals surface area contributed by atoms with E-state index in [1.165, 1.54) is 57.8 Å². The lowest BCUT2D eigenvalue weighted by Gasteiger charge is -2.29. The minimum atomic E-state index is -0.524. The smallest absolute Gasteiger partial charge is 0.0942 e. The van der Waals surface area contributed by atoms with Gasteiger partial charge in [-0.25, -0.2) is 0 Å². The van der Waals surface area contributed by atoms with Gasteiger partial charge in [-0.1, -0.05) is 101 Å². The van der Waals surface area contributed by atoms with Crippen molar-refractivity contribution in [2.45, 2.75) is 103 Å². The number of ether oxygens (including phenoxy) is 1. The maximum Gasteiger partial charge on any atom is 0.0942 e. The van der Waals surface area contributed by atoms with Crippen LogP contribution in [0.25, 0.3) is 0 Å². The Morgan fingerprint density at radius 3 is 2.09 bits per heavy atom. The highest BCUT2D eigenvalue weighted by Crippen LogP contribution is 2.21. The third-order valence-corrected chi connectivity index (χ3v) is 6.46. The van der Waals surface area contributed by atoms with E-state index in [1.807, 2.05) is 55.6 Å². The summed E-state index contributed by atoms with van der Waals surface area (Å²) in [7, 11) is 2.03. The molecule has 1 aromatic carbocycles. The molecule has 4 heteroatoms. The fourth-order valence-electron chi connectivity index (χ4n) is 4.14. The van der Waals surface area contributed by atoms with Gasteiger partial charge < -0.3 is 9.84 Å². The van der Waals surface area contributed by atoms with Gasteiger partial charge in [0.25, 0.3) is 0 Å². The number of benzene rings is 1. The number of pyridine rings is 1. The van der Waals surface area contributed by atoms with Crippen molar-refractivity contribution in [1.82, 2.24) is 9.88 Å². The number of aliphatic hydroxyl groups is 1. The third kappa shape index (κ3) is 11.3. The quantitative estimate of drug-likeness (QED) is 0.245. The Labute approximate surface area is 202 Å². The van der Waals surface area contributed by atoms with Crippen LogP contribution in [-0.2, 0) is 17.9 Å². The number of aromatic nitrogens is 1. The van der Waals surface area contributed by atoms with Gasteiger partial charge in [0.2, 0.25) is 0 Å². The second-order valence-electron chi connectivity index (χ2n) is 9.37. The van der Waals surface area contributed by atoms with Gasteiger partial charge in [0, 0.05) is 19.2 Å². The summed E-state index contributed by atoms with van der Waals surface area (Å²) in [5, 5.41) is 10.7. The Balaban J connectivity index is 1.61. The average Bonchev–Trinajstić information content (AvgIpc) is 2.84. The number of unbranched alkanes of at least 4 members (excludes halogenated alkanes) is 9. The average molecular weight is 455 g/mol. The minimum Gasteiger partial charge on any atom is -0.387 e. The Hall–Kier alpha value is -1.75. The van der Waals surface area contributed by atoms with Gasteiger partial charge in [0.05, 0.1) is 24.1 Å². The molecule has 184 valence electrons. The Morgan fingerprint density at radius 2 is 1.42 bits per heavy atom. The van der Waals surface area contributed by atoms with Crippen molar-refractivity contribution >= 4 is 0 Å². The molecule has 0 aliphatic heterocycles. The highest BCUT2D eigenvalue weighted by molar-refractivity contribution is 5.19. The lowest BCUT2D eigenvalue weighted by Crippen LogP contribution is -2.34. The van der Waals surface area contributed by atoms with Crippen molar-refractivity contribution in [2.24, 2.45) is 0 Å². The summed E-state index contributed by atoms with van der Waals surface area (Å²) >= 11 is 0. The number of likely N-dealkylation sites (N-methyl/N-ethyl adjacent to an activating group) is 1. The van der Waals surface area contributed by atoms with E-state index in [0.717, 1.165) is 30.0 Å². The molecule has 0 bridgehead atoms. The zero-order chi connectivity index (χ0) is 23.7. The third-order valence-electron chi connectivity index (χ3n) is 6.46. The highest BCUT2D eigenvalue weighted by atomic mass is 16.5. The second-order valence-corrected chi connectivity index (χ2v) is 9.37. The van der Waals surface area contributed by atoms with E-state index in [0.29, 0.717) is 13.2 Å². The lowest BCUT2D eigenvalue weighted by atomic mass is 10.0. The molecule has 2 atom stereocenters. The van der Waals surface area contributed by atoms with Gasteiger partial charge in [0.1, 0.15) is 0 Å². The van der Waals surface area contributed by atoms with Crippen LogP contribution in [-0.4, -0.2) is 34.7 Å². The summed E-state index contributed by atoms with van der Waals surface area (Å²) < 4.78 is 5.88. The van der Waals surface area contributed by atoms with Gasteiger partial charge >= 0.3 is 0 Å². The van der Waals surface area contributed by atoms with Gasteiger partial charge in [-0.05, 0) is 38.1 Å². The van der Waals surface area contributed by atoms with E-state index < -0.39 is 6.10 Å². The second kappa shape index (κ2) is 16.8. The Morgan fingerprint density at radius 1 is 0.818 bits per heavy atom. The van der Waals surface area contributed by atoms with Crippen LogP contribution in [0.4, 0.5) is 0 Å². The molecule has 1 N–H and O–H groups in total. The normalized spacial score (nSPS) is 13.4. The predicted molar refractivity (Wildman–Crippen MR) is 138 cm³/mol. The molecule has 0 spiro atoms. The van der Waals surface area contributed by atoms with Crippen molar-refractivity contribution < 1.29 is 9.84 Å². The van der Waals surface area contributed by atoms with Crippen LogP contribution in [0.5, 0.6) is 0 Å². The summed E-state index contributed by atoms with van der Waals surface area (Å²) in [6.45, 7) is 6.39. The molecule has 0 saturated carbocycles. The molecule has 0 saturated heterocycles. The van der Waals surface area contributed by atoms with Crippen LogP contribution < -0.4 is 0 Å². The van der Waals surface area contributed by atoms with Gasteiger partial charge in [-0.2, -0.15) is 0 Å². The molecule has 33 heavy (non-hydrogen) atoms. The molecular weight excluding hydrogens is 408 g/mol. The molecule has 0 radical (unpaired) electrons. The summed E-state index contributed by atoms with van der Waals surface area (Å²) in [6, 6.07) is 16.0. The Kier molecular flexibility index (Phi) is 14.0. The molecule has 2 aromatic rings. The first-order chi connectivity index (χ1) is 16.1. The number of hydrogen-bond acceptors (Lipinski definition) is 4. The highest BCUT2D eigenvalue weighted by Gasteiger charge is 2.20. The molecule has 1 heterocycles. The van der Waals surface area contributed by atoms with Crippen LogP contribution >= 0.6 is 0 Å². The zero-order valence-corrected chi connectivity index (χ0v) is 21.2. The van der Waals surface area contributed by atoms with Gasteiger partial charge in [-0.3, -0.25) is 9.88 Å². The molecule has 4 nitrogen and oxygen atoms in total. The van der Waals surface area contributed by atoms with E-state index >= 15 is 0 Å². The molecule has 0 unspecified atom stereocenters. The summed E-state index contributed by atoms with van der Waals surface area (Å²) in [4.78, 5) is 6.92. The van der Waals surface area contributed by atoms with Crippen molar-refractivity contribution in [3.63, 3.8) is 0 Å². The zero-order valence-electron chi connectivity index (χ0n) is 21.2. The largest absolute Gasteiger partial charge is 0.387 e. The number of rotatable bonds is 18. The molecule has 0 aliphatic carbocycles. The number of hydrogen-bond donors (Lipinski definition) is 1. The maximum atomic E-state index is 10.7. The van der Waals surface area contributed by atoms with Gasteiger partial charge in [0.15, 0.2) is 0 Å². The lowest BCUT2D eigenvalue weighted by molar-refractivity contribution is 0.0680. The van der Waals surface area contributed by atoms with E-state index in [4.69, 9.17) is 9.72 Å². The van der Waals surface area contributed by atoms with Crippen molar-refractivity contribution in [3.8, 4) is 0 Å². The Bertz CT molecular complexity index is 737.